The molecule has 2 aromatic rings. The molecule has 0 amide bonds. The van der Waals surface area contributed by atoms with Crippen molar-refractivity contribution in [2.24, 2.45) is 0 Å². The summed E-state index contributed by atoms with van der Waals surface area (Å²) in [7, 11) is 0. The first kappa shape index (κ1) is 13.2. The predicted molar refractivity (Wildman–Crippen MR) is 72.6 cm³/mol. The standard InChI is InChI=1S/C14H15N3O2/c1-11-13(3-2-4-14(11)17(18)19)10-16-9-12-5-7-15-8-6-12/h2-8,16H,9-10H2,1H3. The Balaban J connectivity index is 2.00. The van der Waals surface area contributed by atoms with Crippen LogP contribution in [0.25, 0.3) is 0 Å². The van der Waals surface area contributed by atoms with Crippen LogP contribution in [0.1, 0.15) is 16.7 Å². The monoisotopic (exact) mass is 257 g/mol. The molecule has 98 valence electrons. The van der Waals surface area contributed by atoms with E-state index in [0.29, 0.717) is 13.1 Å². The zero-order chi connectivity index (χ0) is 13.7. The molecule has 2 rings (SSSR count). The maximum absolute atomic E-state index is 10.8. The van der Waals surface area contributed by atoms with Crippen molar-refractivity contribution in [2.45, 2.75) is 20.0 Å². The van der Waals surface area contributed by atoms with Gasteiger partial charge in [-0.25, -0.2) is 0 Å². The van der Waals surface area contributed by atoms with E-state index < -0.39 is 0 Å². The lowest BCUT2D eigenvalue weighted by molar-refractivity contribution is -0.385. The molecule has 1 N–H and O–H groups in total. The Bertz CT molecular complexity index is 570. The fraction of sp³-hybridized carbons (Fsp3) is 0.214. The quantitative estimate of drug-likeness (QED) is 0.660. The molecule has 1 heterocycles. The van der Waals surface area contributed by atoms with E-state index in [2.05, 4.69) is 10.3 Å². The van der Waals surface area contributed by atoms with Crippen molar-refractivity contribution in [3.63, 3.8) is 0 Å². The molecule has 0 saturated carbocycles. The average molecular weight is 257 g/mol. The number of nitro benzene ring substituents is 1. The van der Waals surface area contributed by atoms with Crippen molar-refractivity contribution in [3.8, 4) is 0 Å². The van der Waals surface area contributed by atoms with Crippen molar-refractivity contribution in [3.05, 3.63) is 69.5 Å². The number of nitro groups is 1. The van der Waals surface area contributed by atoms with Gasteiger partial charge in [-0.15, -0.1) is 0 Å². The number of nitrogens with zero attached hydrogens (tertiary/aromatic N) is 2. The molecule has 0 unspecified atom stereocenters. The van der Waals surface area contributed by atoms with E-state index in [0.717, 1.165) is 16.7 Å². The molecule has 1 aromatic carbocycles. The van der Waals surface area contributed by atoms with Crippen LogP contribution in [-0.2, 0) is 13.1 Å². The summed E-state index contributed by atoms with van der Waals surface area (Å²) in [5, 5.41) is 14.1. The van der Waals surface area contributed by atoms with Gasteiger partial charge in [-0.05, 0) is 30.2 Å². The molecular weight excluding hydrogens is 242 g/mol. The second-order valence-corrected chi connectivity index (χ2v) is 4.28. The lowest BCUT2D eigenvalue weighted by Crippen LogP contribution is -2.13. The minimum absolute atomic E-state index is 0.170. The van der Waals surface area contributed by atoms with Gasteiger partial charge in [0.15, 0.2) is 0 Å². The minimum Gasteiger partial charge on any atom is -0.309 e. The zero-order valence-electron chi connectivity index (χ0n) is 10.7. The van der Waals surface area contributed by atoms with Gasteiger partial charge in [0.05, 0.1) is 4.92 Å². The molecule has 0 saturated heterocycles. The third-order valence-electron chi connectivity index (χ3n) is 3.01. The summed E-state index contributed by atoms with van der Waals surface area (Å²) in [6.45, 7) is 3.10. The number of rotatable bonds is 5. The van der Waals surface area contributed by atoms with E-state index in [1.165, 1.54) is 6.07 Å². The van der Waals surface area contributed by atoms with Gasteiger partial charge in [-0.3, -0.25) is 15.1 Å². The van der Waals surface area contributed by atoms with Crippen LogP contribution in [0.5, 0.6) is 0 Å². The van der Waals surface area contributed by atoms with Gasteiger partial charge in [0.2, 0.25) is 0 Å². The van der Waals surface area contributed by atoms with Crippen LogP contribution in [0.3, 0.4) is 0 Å². The van der Waals surface area contributed by atoms with Gasteiger partial charge in [0.1, 0.15) is 0 Å². The molecule has 0 bridgehead atoms. The molecule has 0 aliphatic heterocycles. The highest BCUT2D eigenvalue weighted by atomic mass is 16.6. The number of aromatic nitrogens is 1. The third-order valence-corrected chi connectivity index (χ3v) is 3.01. The van der Waals surface area contributed by atoms with Crippen LogP contribution in [0, 0.1) is 17.0 Å². The molecule has 0 spiro atoms. The molecule has 5 heteroatoms. The van der Waals surface area contributed by atoms with Crippen molar-refractivity contribution >= 4 is 5.69 Å². The topological polar surface area (TPSA) is 68.1 Å². The molecule has 1 aromatic heterocycles. The number of pyridine rings is 1. The molecule has 0 aliphatic rings. The summed E-state index contributed by atoms with van der Waals surface area (Å²) in [5.41, 5.74) is 2.97. The normalized spacial score (nSPS) is 10.4. The van der Waals surface area contributed by atoms with Crippen LogP contribution in [-0.4, -0.2) is 9.91 Å². The van der Waals surface area contributed by atoms with E-state index in [1.54, 1.807) is 25.4 Å². The summed E-state index contributed by atoms with van der Waals surface area (Å²) < 4.78 is 0. The number of nitrogens with one attached hydrogen (secondary N) is 1. The summed E-state index contributed by atoms with van der Waals surface area (Å²) in [4.78, 5) is 14.5. The SMILES string of the molecule is Cc1c(CNCc2ccncc2)cccc1[N+](=O)[O-]. The van der Waals surface area contributed by atoms with Crippen LogP contribution in [0.2, 0.25) is 0 Å². The summed E-state index contributed by atoms with van der Waals surface area (Å²) in [5.74, 6) is 0. The summed E-state index contributed by atoms with van der Waals surface area (Å²) in [6, 6.07) is 9.03. The summed E-state index contributed by atoms with van der Waals surface area (Å²) in [6.07, 6.45) is 3.49. The Morgan fingerprint density at radius 2 is 1.95 bits per heavy atom. The number of benzene rings is 1. The Kier molecular flexibility index (Phi) is 4.20. The first-order valence-electron chi connectivity index (χ1n) is 6.01. The molecule has 0 fully saturated rings. The maximum atomic E-state index is 10.8. The van der Waals surface area contributed by atoms with E-state index in [1.807, 2.05) is 18.2 Å². The first-order valence-corrected chi connectivity index (χ1v) is 6.01. The highest BCUT2D eigenvalue weighted by molar-refractivity contribution is 5.44. The van der Waals surface area contributed by atoms with Gasteiger partial charge in [-0.2, -0.15) is 0 Å². The third kappa shape index (κ3) is 3.35. The zero-order valence-corrected chi connectivity index (χ0v) is 10.7. The Labute approximate surface area is 111 Å². The predicted octanol–water partition coefficient (Wildman–Crippen LogP) is 2.59. The van der Waals surface area contributed by atoms with Crippen molar-refractivity contribution in [1.82, 2.24) is 10.3 Å². The Morgan fingerprint density at radius 1 is 1.21 bits per heavy atom. The molecule has 19 heavy (non-hydrogen) atoms. The second kappa shape index (κ2) is 6.06. The molecule has 0 aliphatic carbocycles. The van der Waals surface area contributed by atoms with Gasteiger partial charge in [-0.1, -0.05) is 12.1 Å². The first-order chi connectivity index (χ1) is 9.18. The van der Waals surface area contributed by atoms with Crippen molar-refractivity contribution in [2.75, 3.05) is 0 Å². The fourth-order valence-corrected chi connectivity index (χ4v) is 1.90. The van der Waals surface area contributed by atoms with Crippen LogP contribution in [0.15, 0.2) is 42.7 Å². The second-order valence-electron chi connectivity index (χ2n) is 4.28. The van der Waals surface area contributed by atoms with E-state index in [9.17, 15) is 10.1 Å². The van der Waals surface area contributed by atoms with Gasteiger partial charge < -0.3 is 5.32 Å². The van der Waals surface area contributed by atoms with E-state index in [4.69, 9.17) is 0 Å². The van der Waals surface area contributed by atoms with Crippen LogP contribution >= 0.6 is 0 Å². The summed E-state index contributed by atoms with van der Waals surface area (Å²) >= 11 is 0. The maximum Gasteiger partial charge on any atom is 0.272 e. The molecule has 0 radical (unpaired) electrons. The Hall–Kier alpha value is -2.27. The highest BCUT2D eigenvalue weighted by Gasteiger charge is 2.12. The number of hydrogen-bond acceptors (Lipinski definition) is 4. The van der Waals surface area contributed by atoms with Gasteiger partial charge in [0, 0.05) is 37.1 Å². The Morgan fingerprint density at radius 3 is 2.63 bits per heavy atom. The molecule has 0 atom stereocenters. The van der Waals surface area contributed by atoms with Crippen LogP contribution < -0.4 is 5.32 Å². The minimum atomic E-state index is -0.346. The van der Waals surface area contributed by atoms with E-state index >= 15 is 0 Å². The van der Waals surface area contributed by atoms with Crippen LogP contribution in [0.4, 0.5) is 5.69 Å². The number of hydrogen-bond donors (Lipinski definition) is 1. The smallest absolute Gasteiger partial charge is 0.272 e. The molecular formula is C14H15N3O2. The lowest BCUT2D eigenvalue weighted by Gasteiger charge is -2.08. The largest absolute Gasteiger partial charge is 0.309 e. The molecule has 5 nitrogen and oxygen atoms in total. The van der Waals surface area contributed by atoms with Crippen molar-refractivity contribution in [1.29, 1.82) is 0 Å². The van der Waals surface area contributed by atoms with Gasteiger partial charge >= 0.3 is 0 Å². The average Bonchev–Trinajstić information content (AvgIpc) is 2.41. The lowest BCUT2D eigenvalue weighted by atomic mass is 10.1. The van der Waals surface area contributed by atoms with Crippen molar-refractivity contribution < 1.29 is 4.92 Å². The fourth-order valence-electron chi connectivity index (χ4n) is 1.90. The van der Waals surface area contributed by atoms with Gasteiger partial charge in [0.25, 0.3) is 5.69 Å². The van der Waals surface area contributed by atoms with E-state index in [-0.39, 0.29) is 10.6 Å². The highest BCUT2D eigenvalue weighted by Crippen LogP contribution is 2.20.